The summed E-state index contributed by atoms with van der Waals surface area (Å²) in [5.41, 5.74) is 1.12. The number of thiazole rings is 1. The summed E-state index contributed by atoms with van der Waals surface area (Å²) in [7, 11) is 1.77. The van der Waals surface area contributed by atoms with E-state index in [1.807, 2.05) is 12.4 Å². The van der Waals surface area contributed by atoms with Gasteiger partial charge in [0.1, 0.15) is 10.8 Å². The lowest BCUT2D eigenvalue weighted by Gasteiger charge is -2.32. The van der Waals surface area contributed by atoms with Gasteiger partial charge in [0.15, 0.2) is 5.96 Å². The Labute approximate surface area is 164 Å². The quantitative estimate of drug-likeness (QED) is 0.584. The SMILES string of the molecule is CCc1cnc(CNC(=NC)NCc2ccc(N3CCOC(C)C3)nc2)s1. The van der Waals surface area contributed by atoms with E-state index in [0.717, 1.165) is 48.5 Å². The molecule has 0 radical (unpaired) electrons. The summed E-state index contributed by atoms with van der Waals surface area (Å²) in [6.07, 6.45) is 5.14. The predicted molar refractivity (Wildman–Crippen MR) is 110 cm³/mol. The molecule has 8 heteroatoms. The van der Waals surface area contributed by atoms with E-state index < -0.39 is 0 Å². The molecule has 3 heterocycles. The second kappa shape index (κ2) is 9.66. The van der Waals surface area contributed by atoms with Crippen LogP contribution >= 0.6 is 11.3 Å². The van der Waals surface area contributed by atoms with Gasteiger partial charge in [-0.3, -0.25) is 4.99 Å². The van der Waals surface area contributed by atoms with Crippen molar-refractivity contribution in [3.8, 4) is 0 Å². The Kier molecular flexibility index (Phi) is 7.00. The van der Waals surface area contributed by atoms with Crippen molar-refractivity contribution < 1.29 is 4.74 Å². The van der Waals surface area contributed by atoms with Crippen molar-refractivity contribution in [1.29, 1.82) is 0 Å². The molecule has 2 aromatic rings. The monoisotopic (exact) mass is 388 g/mol. The van der Waals surface area contributed by atoms with E-state index in [-0.39, 0.29) is 6.10 Å². The lowest BCUT2D eigenvalue weighted by molar-refractivity contribution is 0.0529. The van der Waals surface area contributed by atoms with Gasteiger partial charge in [0.2, 0.25) is 0 Å². The number of aliphatic imine (C=N–C) groups is 1. The highest BCUT2D eigenvalue weighted by Crippen LogP contribution is 2.15. The maximum Gasteiger partial charge on any atom is 0.191 e. The van der Waals surface area contributed by atoms with E-state index in [1.165, 1.54) is 4.88 Å². The molecule has 3 rings (SSSR count). The normalized spacial score (nSPS) is 17.8. The molecule has 1 saturated heterocycles. The number of hydrogen-bond donors (Lipinski definition) is 2. The van der Waals surface area contributed by atoms with Crippen molar-refractivity contribution in [3.05, 3.63) is 40.0 Å². The number of morpholine rings is 1. The molecule has 0 spiro atoms. The third kappa shape index (κ3) is 5.64. The third-order valence-electron chi connectivity index (χ3n) is 4.41. The first-order chi connectivity index (χ1) is 13.2. The van der Waals surface area contributed by atoms with E-state index in [0.29, 0.717) is 13.1 Å². The van der Waals surface area contributed by atoms with E-state index in [4.69, 9.17) is 4.74 Å². The van der Waals surface area contributed by atoms with Crippen LogP contribution in [-0.4, -0.2) is 48.8 Å². The molecule has 146 valence electrons. The third-order valence-corrected chi connectivity index (χ3v) is 5.56. The zero-order valence-electron chi connectivity index (χ0n) is 16.2. The number of hydrogen-bond acceptors (Lipinski definition) is 6. The van der Waals surface area contributed by atoms with E-state index in [2.05, 4.69) is 56.5 Å². The number of guanidine groups is 1. The number of anilines is 1. The minimum absolute atomic E-state index is 0.252. The summed E-state index contributed by atoms with van der Waals surface area (Å²) in [5, 5.41) is 7.70. The number of nitrogens with one attached hydrogen (secondary N) is 2. The Balaban J connectivity index is 1.47. The number of aryl methyl sites for hydroxylation is 1. The minimum Gasteiger partial charge on any atom is -0.375 e. The summed E-state index contributed by atoms with van der Waals surface area (Å²) in [6, 6.07) is 4.18. The fourth-order valence-electron chi connectivity index (χ4n) is 2.89. The maximum atomic E-state index is 5.59. The number of pyridine rings is 1. The number of rotatable bonds is 6. The largest absolute Gasteiger partial charge is 0.375 e. The van der Waals surface area contributed by atoms with Crippen LogP contribution < -0.4 is 15.5 Å². The van der Waals surface area contributed by atoms with E-state index >= 15 is 0 Å². The molecule has 0 aromatic carbocycles. The molecule has 1 atom stereocenters. The van der Waals surface area contributed by atoms with Crippen molar-refractivity contribution >= 4 is 23.1 Å². The zero-order chi connectivity index (χ0) is 19.1. The van der Waals surface area contributed by atoms with Gasteiger partial charge < -0.3 is 20.3 Å². The van der Waals surface area contributed by atoms with Gasteiger partial charge in [0.05, 0.1) is 19.3 Å². The van der Waals surface area contributed by atoms with Crippen LogP contribution in [0.2, 0.25) is 0 Å². The summed E-state index contributed by atoms with van der Waals surface area (Å²) in [5.74, 6) is 1.77. The van der Waals surface area contributed by atoms with Gasteiger partial charge in [-0.15, -0.1) is 11.3 Å². The van der Waals surface area contributed by atoms with E-state index in [1.54, 1.807) is 18.4 Å². The molecule has 1 aliphatic rings. The molecule has 1 fully saturated rings. The summed E-state index contributed by atoms with van der Waals surface area (Å²) >= 11 is 1.74. The second-order valence-corrected chi connectivity index (χ2v) is 7.71. The smallest absolute Gasteiger partial charge is 0.191 e. The molecule has 2 aromatic heterocycles. The molecular weight excluding hydrogens is 360 g/mol. The van der Waals surface area contributed by atoms with Crippen LogP contribution in [0.1, 0.15) is 29.3 Å². The number of ether oxygens (including phenoxy) is 1. The van der Waals surface area contributed by atoms with Crippen molar-refractivity contribution in [1.82, 2.24) is 20.6 Å². The first-order valence-corrected chi connectivity index (χ1v) is 10.2. The fraction of sp³-hybridized carbons (Fsp3) is 0.526. The van der Waals surface area contributed by atoms with Crippen LogP contribution in [0, 0.1) is 0 Å². The van der Waals surface area contributed by atoms with Crippen LogP contribution in [0.3, 0.4) is 0 Å². The molecule has 0 saturated carbocycles. The standard InChI is InChI=1S/C19H28N6OS/c1-4-16-11-22-18(27-16)12-24-19(20-3)23-10-15-5-6-17(21-9-15)25-7-8-26-14(2)13-25/h5-6,9,11,14H,4,7-8,10,12-13H2,1-3H3,(H2,20,23,24). The molecule has 0 bridgehead atoms. The number of aromatic nitrogens is 2. The average molecular weight is 389 g/mol. The second-order valence-electron chi connectivity index (χ2n) is 6.51. The lowest BCUT2D eigenvalue weighted by atomic mass is 10.2. The van der Waals surface area contributed by atoms with Crippen LogP contribution in [-0.2, 0) is 24.2 Å². The van der Waals surface area contributed by atoms with Gasteiger partial charge in [0, 0.05) is 44.0 Å². The Bertz CT molecular complexity index is 745. The molecule has 1 aliphatic heterocycles. The Morgan fingerprint density at radius 3 is 2.81 bits per heavy atom. The molecule has 1 unspecified atom stereocenters. The highest BCUT2D eigenvalue weighted by Gasteiger charge is 2.17. The van der Waals surface area contributed by atoms with Crippen LogP contribution in [0.15, 0.2) is 29.5 Å². The van der Waals surface area contributed by atoms with Gasteiger partial charge in [-0.05, 0) is 25.0 Å². The van der Waals surface area contributed by atoms with Gasteiger partial charge in [-0.25, -0.2) is 9.97 Å². The first-order valence-electron chi connectivity index (χ1n) is 9.37. The van der Waals surface area contributed by atoms with Gasteiger partial charge in [-0.1, -0.05) is 13.0 Å². The number of nitrogens with zero attached hydrogens (tertiary/aromatic N) is 4. The summed E-state index contributed by atoms with van der Waals surface area (Å²) in [6.45, 7) is 8.12. The topological polar surface area (TPSA) is 74.7 Å². The Morgan fingerprint density at radius 2 is 2.15 bits per heavy atom. The minimum atomic E-state index is 0.252. The molecule has 0 amide bonds. The fourth-order valence-corrected chi connectivity index (χ4v) is 3.70. The molecule has 7 nitrogen and oxygen atoms in total. The highest BCUT2D eigenvalue weighted by atomic mass is 32.1. The Hall–Kier alpha value is -2.19. The highest BCUT2D eigenvalue weighted by molar-refractivity contribution is 7.11. The molecule has 27 heavy (non-hydrogen) atoms. The maximum absolute atomic E-state index is 5.59. The summed E-state index contributed by atoms with van der Waals surface area (Å²) in [4.78, 5) is 16.9. The van der Waals surface area contributed by atoms with Crippen molar-refractivity contribution in [2.45, 2.75) is 39.5 Å². The van der Waals surface area contributed by atoms with Gasteiger partial charge >= 0.3 is 0 Å². The zero-order valence-corrected chi connectivity index (χ0v) is 17.1. The first kappa shape index (κ1) is 19.6. The van der Waals surface area contributed by atoms with Gasteiger partial charge in [0.25, 0.3) is 0 Å². The van der Waals surface area contributed by atoms with Gasteiger partial charge in [-0.2, -0.15) is 0 Å². The van der Waals surface area contributed by atoms with Crippen LogP contribution in [0.4, 0.5) is 5.82 Å². The average Bonchev–Trinajstić information content (AvgIpc) is 3.17. The molecular formula is C19H28N6OS. The predicted octanol–water partition coefficient (Wildman–Crippen LogP) is 2.19. The lowest BCUT2D eigenvalue weighted by Crippen LogP contribution is -2.41. The van der Waals surface area contributed by atoms with Crippen molar-refractivity contribution in [2.24, 2.45) is 4.99 Å². The Morgan fingerprint density at radius 1 is 1.30 bits per heavy atom. The van der Waals surface area contributed by atoms with Crippen LogP contribution in [0.5, 0.6) is 0 Å². The van der Waals surface area contributed by atoms with Crippen LogP contribution in [0.25, 0.3) is 0 Å². The molecule has 0 aliphatic carbocycles. The van der Waals surface area contributed by atoms with E-state index in [9.17, 15) is 0 Å². The van der Waals surface area contributed by atoms with Crippen molar-refractivity contribution in [3.63, 3.8) is 0 Å². The summed E-state index contributed by atoms with van der Waals surface area (Å²) < 4.78 is 5.59. The van der Waals surface area contributed by atoms with Crippen molar-refractivity contribution in [2.75, 3.05) is 31.6 Å². The molecule has 2 N–H and O–H groups in total.